The van der Waals surface area contributed by atoms with Crippen LogP contribution < -0.4 is 10.9 Å². The van der Waals surface area contributed by atoms with E-state index in [2.05, 4.69) is 42.7 Å². The van der Waals surface area contributed by atoms with Crippen LogP contribution in [0.3, 0.4) is 0 Å². The van der Waals surface area contributed by atoms with Crippen molar-refractivity contribution < 1.29 is 9.59 Å². The number of amides is 2. The minimum atomic E-state index is -0.386. The average Bonchev–Trinajstić information content (AvgIpc) is 2.45. The Kier molecular flexibility index (Phi) is 4.92. The molecule has 2 rings (SSSR count). The summed E-state index contributed by atoms with van der Waals surface area (Å²) in [5, 5.41) is 0. The summed E-state index contributed by atoms with van der Waals surface area (Å²) in [5.74, 6) is -0.763. The molecule has 0 aromatic heterocycles. The van der Waals surface area contributed by atoms with E-state index < -0.39 is 0 Å². The molecule has 0 saturated heterocycles. The second kappa shape index (κ2) is 6.67. The number of halogens is 2. The van der Waals surface area contributed by atoms with E-state index in [9.17, 15) is 9.59 Å². The van der Waals surface area contributed by atoms with Gasteiger partial charge in [-0.1, -0.05) is 28.1 Å². The lowest BCUT2D eigenvalue weighted by Crippen LogP contribution is -2.41. The van der Waals surface area contributed by atoms with Crippen LogP contribution in [0.5, 0.6) is 0 Å². The number of hydrazine groups is 1. The van der Waals surface area contributed by atoms with E-state index >= 15 is 0 Å². The molecule has 102 valence electrons. The van der Waals surface area contributed by atoms with Crippen molar-refractivity contribution in [2.45, 2.75) is 0 Å². The van der Waals surface area contributed by atoms with Gasteiger partial charge in [-0.25, -0.2) is 0 Å². The Hall–Kier alpha value is -1.66. The normalized spacial score (nSPS) is 9.90. The first-order valence-corrected chi connectivity index (χ1v) is 7.27. The van der Waals surface area contributed by atoms with E-state index in [4.69, 9.17) is 0 Å². The van der Waals surface area contributed by atoms with Gasteiger partial charge in [-0.15, -0.1) is 0 Å². The van der Waals surface area contributed by atoms with Crippen molar-refractivity contribution in [2.24, 2.45) is 0 Å². The van der Waals surface area contributed by atoms with Crippen molar-refractivity contribution in [3.63, 3.8) is 0 Å². The summed E-state index contributed by atoms with van der Waals surface area (Å²) in [5.41, 5.74) is 5.65. The van der Waals surface area contributed by atoms with Crippen LogP contribution in [-0.4, -0.2) is 11.8 Å². The highest BCUT2D eigenvalue weighted by Gasteiger charge is 2.11. The van der Waals surface area contributed by atoms with E-state index in [1.165, 1.54) is 0 Å². The van der Waals surface area contributed by atoms with E-state index in [1.807, 2.05) is 0 Å². The zero-order valence-corrected chi connectivity index (χ0v) is 13.4. The van der Waals surface area contributed by atoms with Gasteiger partial charge in [0.2, 0.25) is 0 Å². The molecule has 0 unspecified atom stereocenters. The standard InChI is InChI=1S/C14H10Br2N2O2/c15-10-7-5-9(6-8-10)13(19)17-18-14(20)11-3-1-2-4-12(11)16/h1-8H,(H,17,19)(H,18,20). The third-order valence-corrected chi connectivity index (χ3v) is 3.73. The molecule has 4 nitrogen and oxygen atoms in total. The van der Waals surface area contributed by atoms with Crippen LogP contribution in [0, 0.1) is 0 Å². The fraction of sp³-hybridized carbons (Fsp3) is 0. The lowest BCUT2D eigenvalue weighted by molar-refractivity contribution is 0.0846. The minimum absolute atomic E-state index is 0.377. The third kappa shape index (κ3) is 3.68. The predicted molar refractivity (Wildman–Crippen MR) is 83.2 cm³/mol. The molecule has 2 aromatic rings. The maximum absolute atomic E-state index is 11.9. The Morgan fingerprint density at radius 3 is 2.05 bits per heavy atom. The number of hydrogen-bond acceptors (Lipinski definition) is 2. The molecule has 0 heterocycles. The predicted octanol–water partition coefficient (Wildman–Crippen LogP) is 3.29. The molecule has 0 aliphatic rings. The number of hydrogen-bond donors (Lipinski definition) is 2. The molecule has 0 aliphatic heterocycles. The fourth-order valence-corrected chi connectivity index (χ4v) is 2.23. The molecule has 2 amide bonds. The number of rotatable bonds is 2. The van der Waals surface area contributed by atoms with Crippen LogP contribution >= 0.6 is 31.9 Å². The first kappa shape index (κ1) is 14.7. The summed E-state index contributed by atoms with van der Waals surface area (Å²) in [4.78, 5) is 23.7. The van der Waals surface area contributed by atoms with E-state index in [-0.39, 0.29) is 11.8 Å². The first-order chi connectivity index (χ1) is 9.58. The molecule has 0 fully saturated rings. The molecule has 0 bridgehead atoms. The van der Waals surface area contributed by atoms with Gasteiger partial charge in [-0.05, 0) is 52.3 Å². The van der Waals surface area contributed by atoms with Gasteiger partial charge < -0.3 is 0 Å². The van der Waals surface area contributed by atoms with Crippen molar-refractivity contribution in [3.8, 4) is 0 Å². The fourth-order valence-electron chi connectivity index (χ4n) is 1.50. The molecular formula is C14H10Br2N2O2. The second-order valence-electron chi connectivity index (χ2n) is 3.89. The summed E-state index contributed by atoms with van der Waals surface area (Å²) in [6.07, 6.45) is 0. The maximum Gasteiger partial charge on any atom is 0.270 e. The molecule has 20 heavy (non-hydrogen) atoms. The third-order valence-electron chi connectivity index (χ3n) is 2.51. The van der Waals surface area contributed by atoms with Crippen molar-refractivity contribution in [3.05, 3.63) is 68.6 Å². The second-order valence-corrected chi connectivity index (χ2v) is 5.67. The SMILES string of the molecule is O=C(NNC(=O)c1ccccc1Br)c1ccc(Br)cc1. The largest absolute Gasteiger partial charge is 0.270 e. The van der Waals surface area contributed by atoms with Gasteiger partial charge in [0.25, 0.3) is 11.8 Å². The van der Waals surface area contributed by atoms with Crippen molar-refractivity contribution >= 4 is 43.7 Å². The van der Waals surface area contributed by atoms with E-state index in [0.717, 1.165) is 4.47 Å². The topological polar surface area (TPSA) is 58.2 Å². The number of nitrogens with one attached hydrogen (secondary N) is 2. The van der Waals surface area contributed by atoms with E-state index in [1.54, 1.807) is 48.5 Å². The zero-order valence-electron chi connectivity index (χ0n) is 10.2. The number of benzene rings is 2. The molecule has 0 saturated carbocycles. The van der Waals surface area contributed by atoms with Crippen LogP contribution in [0.15, 0.2) is 57.5 Å². The van der Waals surface area contributed by atoms with Gasteiger partial charge in [-0.3, -0.25) is 20.4 Å². The van der Waals surface area contributed by atoms with Gasteiger partial charge in [0.1, 0.15) is 0 Å². The van der Waals surface area contributed by atoms with Crippen LogP contribution in [0.1, 0.15) is 20.7 Å². The minimum Gasteiger partial charge on any atom is -0.267 e. The smallest absolute Gasteiger partial charge is 0.267 e. The highest BCUT2D eigenvalue weighted by Crippen LogP contribution is 2.15. The Balaban J connectivity index is 1.99. The Bertz CT molecular complexity index is 642. The molecule has 2 N–H and O–H groups in total. The van der Waals surface area contributed by atoms with Gasteiger partial charge in [0, 0.05) is 14.5 Å². The Morgan fingerprint density at radius 1 is 0.800 bits per heavy atom. The van der Waals surface area contributed by atoms with Crippen molar-refractivity contribution in [2.75, 3.05) is 0 Å². The summed E-state index contributed by atoms with van der Waals surface area (Å²) in [6, 6.07) is 13.8. The van der Waals surface area contributed by atoms with Crippen LogP contribution in [0.25, 0.3) is 0 Å². The van der Waals surface area contributed by atoms with Crippen LogP contribution in [-0.2, 0) is 0 Å². The molecule has 0 radical (unpaired) electrons. The van der Waals surface area contributed by atoms with Gasteiger partial charge >= 0.3 is 0 Å². The number of carbonyl (C=O) groups excluding carboxylic acids is 2. The van der Waals surface area contributed by atoms with E-state index in [0.29, 0.717) is 15.6 Å². The summed E-state index contributed by atoms with van der Waals surface area (Å²) >= 11 is 6.57. The zero-order chi connectivity index (χ0) is 14.5. The molecule has 2 aromatic carbocycles. The van der Waals surface area contributed by atoms with Crippen LogP contribution in [0.4, 0.5) is 0 Å². The van der Waals surface area contributed by atoms with Gasteiger partial charge in [0.15, 0.2) is 0 Å². The number of carbonyl (C=O) groups is 2. The molecule has 0 atom stereocenters. The molecule has 0 spiro atoms. The summed E-state index contributed by atoms with van der Waals surface area (Å²) in [6.45, 7) is 0. The monoisotopic (exact) mass is 396 g/mol. The highest BCUT2D eigenvalue weighted by molar-refractivity contribution is 9.10. The van der Waals surface area contributed by atoms with Crippen molar-refractivity contribution in [1.29, 1.82) is 0 Å². The van der Waals surface area contributed by atoms with Gasteiger partial charge in [-0.2, -0.15) is 0 Å². The van der Waals surface area contributed by atoms with Crippen molar-refractivity contribution in [1.82, 2.24) is 10.9 Å². The first-order valence-electron chi connectivity index (χ1n) is 5.68. The average molecular weight is 398 g/mol. The molecule has 6 heteroatoms. The summed E-state index contributed by atoms with van der Waals surface area (Å²) in [7, 11) is 0. The molecule has 0 aliphatic carbocycles. The maximum atomic E-state index is 11.9. The lowest BCUT2D eigenvalue weighted by Gasteiger charge is -2.08. The molecular weight excluding hydrogens is 388 g/mol. The quantitative estimate of drug-likeness (QED) is 0.764. The van der Waals surface area contributed by atoms with Crippen LogP contribution in [0.2, 0.25) is 0 Å². The highest BCUT2D eigenvalue weighted by atomic mass is 79.9. The Morgan fingerprint density at radius 2 is 1.40 bits per heavy atom. The van der Waals surface area contributed by atoms with Gasteiger partial charge in [0.05, 0.1) is 5.56 Å². The Labute approximate surface area is 132 Å². The summed E-state index contributed by atoms with van der Waals surface area (Å²) < 4.78 is 1.54. The lowest BCUT2D eigenvalue weighted by atomic mass is 10.2.